The summed E-state index contributed by atoms with van der Waals surface area (Å²) in [6, 6.07) is 17.4. The van der Waals surface area contributed by atoms with Gasteiger partial charge in [-0.15, -0.1) is 0 Å². The van der Waals surface area contributed by atoms with Crippen molar-refractivity contribution in [2.45, 2.75) is 6.92 Å². The molecular formula is C22H21N3O4. The molecule has 1 aromatic heterocycles. The number of esters is 1. The molecule has 0 radical (unpaired) electrons. The van der Waals surface area contributed by atoms with Crippen molar-refractivity contribution in [2.75, 3.05) is 24.4 Å². The predicted molar refractivity (Wildman–Crippen MR) is 111 cm³/mol. The average molecular weight is 391 g/mol. The lowest BCUT2D eigenvalue weighted by Crippen LogP contribution is -2.12. The summed E-state index contributed by atoms with van der Waals surface area (Å²) in [7, 11) is 1.60. The van der Waals surface area contributed by atoms with E-state index < -0.39 is 5.97 Å². The van der Waals surface area contributed by atoms with E-state index in [4.69, 9.17) is 9.47 Å². The van der Waals surface area contributed by atoms with Crippen molar-refractivity contribution in [3.05, 3.63) is 78.0 Å². The molecule has 0 unspecified atom stereocenters. The van der Waals surface area contributed by atoms with Crippen molar-refractivity contribution in [3.8, 4) is 5.75 Å². The fourth-order valence-electron chi connectivity index (χ4n) is 2.60. The van der Waals surface area contributed by atoms with Crippen LogP contribution in [-0.2, 0) is 4.74 Å². The molecule has 0 saturated heterocycles. The highest BCUT2D eigenvalue weighted by Crippen LogP contribution is 2.26. The van der Waals surface area contributed by atoms with E-state index in [0.29, 0.717) is 35.0 Å². The van der Waals surface area contributed by atoms with Gasteiger partial charge in [0.05, 0.1) is 30.5 Å². The van der Waals surface area contributed by atoms with E-state index in [-0.39, 0.29) is 5.91 Å². The Hall–Kier alpha value is -3.87. The lowest BCUT2D eigenvalue weighted by Gasteiger charge is -2.11. The van der Waals surface area contributed by atoms with Gasteiger partial charge in [-0.2, -0.15) is 0 Å². The number of hydrogen-bond acceptors (Lipinski definition) is 6. The lowest BCUT2D eigenvalue weighted by molar-refractivity contribution is 0.0526. The molecule has 7 heteroatoms. The molecule has 2 N–H and O–H groups in total. The molecule has 0 saturated carbocycles. The third kappa shape index (κ3) is 5.10. The lowest BCUT2D eigenvalue weighted by atomic mass is 10.2. The molecule has 1 heterocycles. The molecule has 0 spiro atoms. The molecule has 0 fully saturated rings. The van der Waals surface area contributed by atoms with Crippen LogP contribution in [-0.4, -0.2) is 30.6 Å². The number of pyridine rings is 1. The van der Waals surface area contributed by atoms with Gasteiger partial charge in [-0.3, -0.25) is 4.79 Å². The summed E-state index contributed by atoms with van der Waals surface area (Å²) < 4.78 is 10.2. The number of para-hydroxylation sites is 2. The zero-order valence-corrected chi connectivity index (χ0v) is 16.1. The van der Waals surface area contributed by atoms with Crippen molar-refractivity contribution < 1.29 is 19.1 Å². The largest absolute Gasteiger partial charge is 0.495 e. The molecule has 0 atom stereocenters. The fraction of sp³-hybridized carbons (Fsp3) is 0.136. The smallest absolute Gasteiger partial charge is 0.338 e. The minimum absolute atomic E-state index is 0.301. The number of nitrogens with one attached hydrogen (secondary N) is 2. The second kappa shape index (κ2) is 9.36. The molecule has 0 aliphatic heterocycles. The van der Waals surface area contributed by atoms with Crippen LogP contribution in [0.2, 0.25) is 0 Å². The van der Waals surface area contributed by atoms with Gasteiger partial charge in [0.1, 0.15) is 11.6 Å². The van der Waals surface area contributed by atoms with Crippen LogP contribution >= 0.6 is 0 Å². The molecule has 7 nitrogen and oxygen atoms in total. The normalized spacial score (nSPS) is 10.1. The van der Waals surface area contributed by atoms with Gasteiger partial charge < -0.3 is 20.1 Å². The average Bonchev–Trinajstić information content (AvgIpc) is 2.75. The number of amides is 1. The molecule has 3 rings (SSSR count). The Morgan fingerprint density at radius 1 is 0.966 bits per heavy atom. The Morgan fingerprint density at radius 2 is 1.69 bits per heavy atom. The summed E-state index contributed by atoms with van der Waals surface area (Å²) in [6.07, 6.45) is 1.49. The van der Waals surface area contributed by atoms with Crippen molar-refractivity contribution in [1.29, 1.82) is 0 Å². The summed E-state index contributed by atoms with van der Waals surface area (Å²) in [5, 5.41) is 5.93. The van der Waals surface area contributed by atoms with E-state index in [9.17, 15) is 9.59 Å². The maximum absolute atomic E-state index is 12.4. The van der Waals surface area contributed by atoms with Crippen LogP contribution < -0.4 is 15.4 Å². The molecule has 0 aliphatic carbocycles. The first-order chi connectivity index (χ1) is 14.1. The molecule has 29 heavy (non-hydrogen) atoms. The highest BCUT2D eigenvalue weighted by molar-refractivity contribution is 6.04. The molecule has 3 aromatic rings. The first kappa shape index (κ1) is 19.9. The molecule has 1 amide bonds. The molecule has 2 aromatic carbocycles. The van der Waals surface area contributed by atoms with Crippen LogP contribution in [0.3, 0.4) is 0 Å². The first-order valence-electron chi connectivity index (χ1n) is 9.05. The zero-order valence-electron chi connectivity index (χ0n) is 16.1. The van der Waals surface area contributed by atoms with Crippen LogP contribution in [0.4, 0.5) is 17.2 Å². The van der Waals surface area contributed by atoms with Gasteiger partial charge in [0.15, 0.2) is 0 Å². The van der Waals surface area contributed by atoms with Crippen molar-refractivity contribution in [3.63, 3.8) is 0 Å². The number of nitrogens with zero attached hydrogens (tertiary/aromatic N) is 1. The van der Waals surface area contributed by atoms with Crippen LogP contribution in [0.5, 0.6) is 5.75 Å². The summed E-state index contributed by atoms with van der Waals surface area (Å²) in [6.45, 7) is 2.06. The number of methoxy groups -OCH3 is 1. The summed E-state index contributed by atoms with van der Waals surface area (Å²) in [4.78, 5) is 28.4. The minimum atomic E-state index is -0.396. The molecule has 148 valence electrons. The van der Waals surface area contributed by atoms with Gasteiger partial charge in [0, 0.05) is 11.9 Å². The predicted octanol–water partition coefficient (Wildman–Crippen LogP) is 4.26. The fourth-order valence-corrected chi connectivity index (χ4v) is 2.60. The summed E-state index contributed by atoms with van der Waals surface area (Å²) in [5.41, 5.74) is 2.18. The number of carbonyl (C=O) groups is 2. The number of rotatable bonds is 7. The topological polar surface area (TPSA) is 89.5 Å². The third-order valence-electron chi connectivity index (χ3n) is 4.05. The monoisotopic (exact) mass is 391 g/mol. The Bertz CT molecular complexity index is 986. The van der Waals surface area contributed by atoms with E-state index in [2.05, 4.69) is 15.6 Å². The second-order valence-corrected chi connectivity index (χ2v) is 6.01. The van der Waals surface area contributed by atoms with Gasteiger partial charge in [0.2, 0.25) is 0 Å². The van der Waals surface area contributed by atoms with E-state index in [1.54, 1.807) is 50.4 Å². The van der Waals surface area contributed by atoms with Gasteiger partial charge in [0.25, 0.3) is 5.91 Å². The number of ether oxygens (including phenoxy) is 2. The minimum Gasteiger partial charge on any atom is -0.495 e. The van der Waals surface area contributed by atoms with Gasteiger partial charge in [-0.25, -0.2) is 9.78 Å². The number of aromatic nitrogens is 1. The van der Waals surface area contributed by atoms with Crippen LogP contribution in [0.25, 0.3) is 0 Å². The Morgan fingerprint density at radius 3 is 2.34 bits per heavy atom. The maximum Gasteiger partial charge on any atom is 0.338 e. The first-order valence-corrected chi connectivity index (χ1v) is 9.05. The van der Waals surface area contributed by atoms with Crippen LogP contribution in [0, 0.1) is 0 Å². The highest BCUT2D eigenvalue weighted by Gasteiger charge is 2.10. The summed E-state index contributed by atoms with van der Waals surface area (Å²) in [5.74, 6) is 0.588. The number of anilines is 3. The van der Waals surface area contributed by atoms with Crippen molar-refractivity contribution >= 4 is 29.1 Å². The SMILES string of the molecule is CCOC(=O)c1ccc(NC(=O)c2ccc(Nc3ccccc3OC)nc2)cc1. The van der Waals surface area contributed by atoms with E-state index in [1.165, 1.54) is 6.20 Å². The quantitative estimate of drug-likeness (QED) is 0.585. The van der Waals surface area contributed by atoms with E-state index in [0.717, 1.165) is 5.69 Å². The Labute approximate surface area is 168 Å². The maximum atomic E-state index is 12.4. The van der Waals surface area contributed by atoms with E-state index in [1.807, 2.05) is 24.3 Å². The van der Waals surface area contributed by atoms with Crippen LogP contribution in [0.1, 0.15) is 27.6 Å². The molecule has 0 bridgehead atoms. The number of hydrogen-bond donors (Lipinski definition) is 2. The zero-order chi connectivity index (χ0) is 20.6. The highest BCUT2D eigenvalue weighted by atomic mass is 16.5. The van der Waals surface area contributed by atoms with Crippen molar-refractivity contribution in [1.82, 2.24) is 4.98 Å². The molecular weight excluding hydrogens is 370 g/mol. The number of benzene rings is 2. The van der Waals surface area contributed by atoms with Gasteiger partial charge >= 0.3 is 5.97 Å². The second-order valence-electron chi connectivity index (χ2n) is 6.01. The summed E-state index contributed by atoms with van der Waals surface area (Å²) >= 11 is 0. The Kier molecular flexibility index (Phi) is 6.42. The Balaban J connectivity index is 1.64. The van der Waals surface area contributed by atoms with Gasteiger partial charge in [-0.1, -0.05) is 12.1 Å². The van der Waals surface area contributed by atoms with Crippen LogP contribution in [0.15, 0.2) is 66.9 Å². The number of carbonyl (C=O) groups excluding carboxylic acids is 2. The van der Waals surface area contributed by atoms with Gasteiger partial charge in [-0.05, 0) is 55.5 Å². The molecule has 0 aliphatic rings. The third-order valence-corrected chi connectivity index (χ3v) is 4.05. The standard InChI is InChI=1S/C22H21N3O4/c1-3-29-22(27)15-8-11-17(12-9-15)24-21(26)16-10-13-20(23-14-16)25-18-6-4-5-7-19(18)28-2/h4-14H,3H2,1-2H3,(H,23,25)(H,24,26). The van der Waals surface area contributed by atoms with E-state index >= 15 is 0 Å². The van der Waals surface area contributed by atoms with Crippen molar-refractivity contribution in [2.24, 2.45) is 0 Å².